The molecule has 1 unspecified atom stereocenters. The van der Waals surface area contributed by atoms with E-state index in [0.717, 1.165) is 25.4 Å². The van der Waals surface area contributed by atoms with Crippen LogP contribution in [0.2, 0.25) is 0 Å². The molecule has 1 atom stereocenters. The van der Waals surface area contributed by atoms with Gasteiger partial charge in [-0.1, -0.05) is 13.3 Å². The average Bonchev–Trinajstić information content (AvgIpc) is 2.20. The quantitative estimate of drug-likeness (QED) is 0.675. The summed E-state index contributed by atoms with van der Waals surface area (Å²) in [5, 5.41) is 0. The summed E-state index contributed by atoms with van der Waals surface area (Å²) < 4.78 is 0. The number of hydrogen-bond acceptors (Lipinski definition) is 2. The fraction of sp³-hybridized carbons (Fsp3) is 0.917. The number of Topliss-reactive ketones (excluding diaryl/α,β-unsaturated/α-hetero) is 1. The number of ketones is 1. The highest BCUT2D eigenvalue weighted by Gasteiger charge is 2.17. The van der Waals surface area contributed by atoms with Crippen molar-refractivity contribution in [2.75, 3.05) is 13.1 Å². The molecule has 0 spiro atoms. The Labute approximate surface area is 87.7 Å². The zero-order valence-electron chi connectivity index (χ0n) is 9.59. The normalized spacial score (nSPS) is 23.7. The van der Waals surface area contributed by atoms with E-state index in [9.17, 15) is 4.79 Å². The standard InChI is InChI=1S/C12H23NO/c1-3-12(14)8-6-10-13-9-5-4-7-11(13)2/h11H,3-10H2,1-2H3. The fourth-order valence-electron chi connectivity index (χ4n) is 2.15. The fourth-order valence-corrected chi connectivity index (χ4v) is 2.15. The van der Waals surface area contributed by atoms with Gasteiger partial charge in [0.1, 0.15) is 5.78 Å². The molecule has 0 bridgehead atoms. The number of carbonyl (C=O) groups is 1. The van der Waals surface area contributed by atoms with Crippen molar-refractivity contribution in [3.05, 3.63) is 0 Å². The first-order valence-corrected chi connectivity index (χ1v) is 5.99. The maximum Gasteiger partial charge on any atom is 0.132 e. The zero-order valence-corrected chi connectivity index (χ0v) is 9.59. The van der Waals surface area contributed by atoms with Crippen molar-refractivity contribution < 1.29 is 4.79 Å². The molecule has 1 saturated heterocycles. The van der Waals surface area contributed by atoms with Gasteiger partial charge in [-0.25, -0.2) is 0 Å². The Morgan fingerprint density at radius 2 is 2.21 bits per heavy atom. The first-order valence-electron chi connectivity index (χ1n) is 5.99. The van der Waals surface area contributed by atoms with Crippen LogP contribution in [0.3, 0.4) is 0 Å². The molecule has 2 heteroatoms. The molecule has 82 valence electrons. The van der Waals surface area contributed by atoms with Crippen molar-refractivity contribution in [3.63, 3.8) is 0 Å². The van der Waals surface area contributed by atoms with Crippen LogP contribution < -0.4 is 0 Å². The second kappa shape index (κ2) is 6.18. The second-order valence-corrected chi connectivity index (χ2v) is 4.38. The Morgan fingerprint density at radius 1 is 1.43 bits per heavy atom. The van der Waals surface area contributed by atoms with E-state index in [2.05, 4.69) is 11.8 Å². The van der Waals surface area contributed by atoms with Gasteiger partial charge >= 0.3 is 0 Å². The van der Waals surface area contributed by atoms with Crippen molar-refractivity contribution in [1.29, 1.82) is 0 Å². The molecule has 0 saturated carbocycles. The van der Waals surface area contributed by atoms with Gasteiger partial charge < -0.3 is 4.90 Å². The van der Waals surface area contributed by atoms with Crippen LogP contribution in [0.15, 0.2) is 0 Å². The van der Waals surface area contributed by atoms with E-state index in [-0.39, 0.29) is 0 Å². The predicted octanol–water partition coefficient (Wildman–Crippen LogP) is 2.62. The number of nitrogens with zero attached hydrogens (tertiary/aromatic N) is 1. The van der Waals surface area contributed by atoms with Crippen LogP contribution in [0, 0.1) is 0 Å². The van der Waals surface area contributed by atoms with E-state index >= 15 is 0 Å². The SMILES string of the molecule is CCC(=O)CCCN1CCCCC1C. The summed E-state index contributed by atoms with van der Waals surface area (Å²) in [6.07, 6.45) is 6.59. The molecule has 14 heavy (non-hydrogen) atoms. The van der Waals surface area contributed by atoms with Crippen LogP contribution in [0.5, 0.6) is 0 Å². The van der Waals surface area contributed by atoms with Gasteiger partial charge in [-0.2, -0.15) is 0 Å². The van der Waals surface area contributed by atoms with Gasteiger partial charge in [-0.15, -0.1) is 0 Å². The van der Waals surface area contributed by atoms with Crippen LogP contribution in [0.25, 0.3) is 0 Å². The molecule has 0 aromatic rings. The Bertz CT molecular complexity index is 179. The van der Waals surface area contributed by atoms with Gasteiger partial charge in [0.15, 0.2) is 0 Å². The van der Waals surface area contributed by atoms with Gasteiger partial charge in [-0.05, 0) is 39.3 Å². The van der Waals surface area contributed by atoms with Crippen LogP contribution in [-0.4, -0.2) is 29.8 Å². The summed E-state index contributed by atoms with van der Waals surface area (Å²) in [6.45, 7) is 6.61. The van der Waals surface area contributed by atoms with E-state index in [1.165, 1.54) is 25.8 Å². The van der Waals surface area contributed by atoms with Gasteiger partial charge in [0.2, 0.25) is 0 Å². The smallest absolute Gasteiger partial charge is 0.132 e. The van der Waals surface area contributed by atoms with Gasteiger partial charge in [0.25, 0.3) is 0 Å². The molecule has 0 aliphatic carbocycles. The Balaban J connectivity index is 2.13. The predicted molar refractivity (Wildman–Crippen MR) is 59.4 cm³/mol. The van der Waals surface area contributed by atoms with Crippen LogP contribution in [-0.2, 0) is 4.79 Å². The maximum atomic E-state index is 11.1. The molecule has 0 aromatic carbocycles. The lowest BCUT2D eigenvalue weighted by Crippen LogP contribution is -2.38. The highest BCUT2D eigenvalue weighted by atomic mass is 16.1. The summed E-state index contributed by atoms with van der Waals surface area (Å²) in [7, 11) is 0. The van der Waals surface area contributed by atoms with Gasteiger partial charge in [-0.3, -0.25) is 4.79 Å². The molecule has 0 N–H and O–H groups in total. The molecule has 1 fully saturated rings. The minimum atomic E-state index is 0.412. The Morgan fingerprint density at radius 3 is 2.86 bits per heavy atom. The highest BCUT2D eigenvalue weighted by molar-refractivity contribution is 5.77. The summed E-state index contributed by atoms with van der Waals surface area (Å²) in [4.78, 5) is 13.7. The van der Waals surface area contributed by atoms with Crippen molar-refractivity contribution in [2.24, 2.45) is 0 Å². The van der Waals surface area contributed by atoms with Crippen LogP contribution in [0.4, 0.5) is 0 Å². The van der Waals surface area contributed by atoms with E-state index in [4.69, 9.17) is 0 Å². The number of carbonyl (C=O) groups excluding carboxylic acids is 1. The second-order valence-electron chi connectivity index (χ2n) is 4.38. The number of piperidine rings is 1. The lowest BCUT2D eigenvalue weighted by atomic mass is 10.0. The molecule has 0 radical (unpaired) electrons. The topological polar surface area (TPSA) is 20.3 Å². The van der Waals surface area contributed by atoms with Crippen LogP contribution in [0.1, 0.15) is 52.4 Å². The first-order chi connectivity index (χ1) is 6.74. The molecule has 1 aliphatic heterocycles. The van der Waals surface area contributed by atoms with Crippen molar-refractivity contribution in [3.8, 4) is 0 Å². The lowest BCUT2D eigenvalue weighted by Gasteiger charge is -2.33. The third kappa shape index (κ3) is 3.79. The molecular formula is C12H23NO. The van der Waals surface area contributed by atoms with E-state index in [0.29, 0.717) is 12.2 Å². The van der Waals surface area contributed by atoms with Crippen molar-refractivity contribution in [1.82, 2.24) is 4.90 Å². The highest BCUT2D eigenvalue weighted by Crippen LogP contribution is 2.16. The molecule has 1 rings (SSSR count). The summed E-state index contributed by atoms with van der Waals surface area (Å²) in [5.74, 6) is 0.412. The monoisotopic (exact) mass is 197 g/mol. The molecule has 2 nitrogen and oxygen atoms in total. The number of likely N-dealkylation sites (tertiary alicyclic amines) is 1. The van der Waals surface area contributed by atoms with E-state index in [1.54, 1.807) is 0 Å². The van der Waals surface area contributed by atoms with Crippen LogP contribution >= 0.6 is 0 Å². The minimum absolute atomic E-state index is 0.412. The van der Waals surface area contributed by atoms with Crippen molar-refractivity contribution >= 4 is 5.78 Å². The third-order valence-corrected chi connectivity index (χ3v) is 3.24. The van der Waals surface area contributed by atoms with Crippen molar-refractivity contribution in [2.45, 2.75) is 58.4 Å². The van der Waals surface area contributed by atoms with E-state index < -0.39 is 0 Å². The van der Waals surface area contributed by atoms with E-state index in [1.807, 2.05) is 6.92 Å². The van der Waals surface area contributed by atoms with Gasteiger partial charge in [0, 0.05) is 18.9 Å². The maximum absolute atomic E-state index is 11.1. The van der Waals surface area contributed by atoms with Gasteiger partial charge in [0.05, 0.1) is 0 Å². The Kier molecular flexibility index (Phi) is 5.16. The largest absolute Gasteiger partial charge is 0.301 e. The molecule has 1 aliphatic rings. The summed E-state index contributed by atoms with van der Waals surface area (Å²) in [5.41, 5.74) is 0. The number of rotatable bonds is 5. The molecular weight excluding hydrogens is 174 g/mol. The third-order valence-electron chi connectivity index (χ3n) is 3.24. The minimum Gasteiger partial charge on any atom is -0.301 e. The molecule has 0 amide bonds. The average molecular weight is 197 g/mol. The Hall–Kier alpha value is -0.370. The summed E-state index contributed by atoms with van der Waals surface area (Å²) >= 11 is 0. The molecule has 1 heterocycles. The number of hydrogen-bond donors (Lipinski definition) is 0. The first kappa shape index (κ1) is 11.7. The summed E-state index contributed by atoms with van der Waals surface area (Å²) in [6, 6.07) is 0.737. The molecule has 0 aromatic heterocycles. The zero-order chi connectivity index (χ0) is 10.4. The lowest BCUT2D eigenvalue weighted by molar-refractivity contribution is -0.118.